The number of rotatable bonds is 2. The number of fused-ring (bicyclic) bond motifs is 1. The van der Waals surface area contributed by atoms with Crippen molar-refractivity contribution in [3.8, 4) is 0 Å². The Kier molecular flexibility index (Phi) is 2.41. The van der Waals surface area contributed by atoms with Gasteiger partial charge in [-0.25, -0.2) is 0 Å². The van der Waals surface area contributed by atoms with Crippen molar-refractivity contribution in [2.75, 3.05) is 5.23 Å². The smallest absolute Gasteiger partial charge is 0.109 e. The van der Waals surface area contributed by atoms with Gasteiger partial charge in [-0.2, -0.15) is 0 Å². The van der Waals surface area contributed by atoms with Crippen molar-refractivity contribution < 1.29 is 10.4 Å². The number of anilines is 1. The molecule has 0 aliphatic carbocycles. The minimum atomic E-state index is 0.138. The maximum Gasteiger partial charge on any atom is 0.109 e. The van der Waals surface area contributed by atoms with Gasteiger partial charge in [0.25, 0.3) is 0 Å². The first-order valence-corrected chi connectivity index (χ1v) is 4.56. The molecule has 0 heterocycles. The summed E-state index contributed by atoms with van der Waals surface area (Å²) in [7, 11) is 0. The van der Waals surface area contributed by atoms with Gasteiger partial charge in [0.1, 0.15) is 5.69 Å². The molecule has 0 aliphatic rings. The molecule has 0 bridgehead atoms. The SMILES string of the molecule is C=Cc1ccc2ccccc2c1N(O)O. The number of benzene rings is 2. The second kappa shape index (κ2) is 3.73. The van der Waals surface area contributed by atoms with Crippen LogP contribution in [0, 0.1) is 0 Å². The number of hydrogen-bond donors (Lipinski definition) is 2. The quantitative estimate of drug-likeness (QED) is 0.734. The summed E-state index contributed by atoms with van der Waals surface area (Å²) >= 11 is 0. The summed E-state index contributed by atoms with van der Waals surface area (Å²) in [5, 5.41) is 20.2. The lowest BCUT2D eigenvalue weighted by Crippen LogP contribution is -2.12. The monoisotopic (exact) mass is 201 g/mol. The fourth-order valence-electron chi connectivity index (χ4n) is 1.66. The van der Waals surface area contributed by atoms with E-state index in [9.17, 15) is 10.4 Å². The molecule has 0 spiro atoms. The Bertz CT molecular complexity index is 506. The molecule has 0 saturated carbocycles. The largest absolute Gasteiger partial charge is 0.264 e. The van der Waals surface area contributed by atoms with E-state index < -0.39 is 0 Å². The summed E-state index contributed by atoms with van der Waals surface area (Å²) in [6, 6.07) is 11.2. The summed E-state index contributed by atoms with van der Waals surface area (Å²) in [5.74, 6) is 0. The van der Waals surface area contributed by atoms with Crippen molar-refractivity contribution in [3.05, 3.63) is 48.5 Å². The topological polar surface area (TPSA) is 43.7 Å². The Hall–Kier alpha value is -1.84. The zero-order valence-corrected chi connectivity index (χ0v) is 8.09. The maximum absolute atomic E-state index is 9.17. The van der Waals surface area contributed by atoms with Crippen molar-refractivity contribution >= 4 is 22.5 Å². The van der Waals surface area contributed by atoms with Gasteiger partial charge in [-0.15, -0.1) is 5.23 Å². The summed E-state index contributed by atoms with van der Waals surface area (Å²) in [5.41, 5.74) is 1.03. The molecule has 2 N–H and O–H groups in total. The molecular formula is C12H11NO2. The predicted octanol–water partition coefficient (Wildman–Crippen LogP) is 3.07. The lowest BCUT2D eigenvalue weighted by molar-refractivity contribution is 0.0299. The third kappa shape index (κ3) is 1.58. The summed E-state index contributed by atoms with van der Waals surface area (Å²) < 4.78 is 0. The molecule has 0 aliphatic heterocycles. The number of hydrogen-bond acceptors (Lipinski definition) is 3. The van der Waals surface area contributed by atoms with Crippen LogP contribution < -0.4 is 5.23 Å². The van der Waals surface area contributed by atoms with Crippen LogP contribution >= 0.6 is 0 Å². The lowest BCUT2D eigenvalue weighted by Gasteiger charge is -2.14. The van der Waals surface area contributed by atoms with Crippen LogP contribution in [-0.2, 0) is 0 Å². The molecule has 3 heteroatoms. The van der Waals surface area contributed by atoms with Gasteiger partial charge in [0.15, 0.2) is 0 Å². The summed E-state index contributed by atoms with van der Waals surface area (Å²) in [6.07, 6.45) is 1.58. The van der Waals surface area contributed by atoms with E-state index in [0.29, 0.717) is 11.3 Å². The van der Waals surface area contributed by atoms with Gasteiger partial charge < -0.3 is 0 Å². The molecule has 3 nitrogen and oxygen atoms in total. The highest BCUT2D eigenvalue weighted by Crippen LogP contribution is 2.29. The van der Waals surface area contributed by atoms with E-state index in [0.717, 1.165) is 10.8 Å². The summed E-state index contributed by atoms with van der Waals surface area (Å²) in [6.45, 7) is 3.63. The van der Waals surface area contributed by atoms with Crippen molar-refractivity contribution in [2.45, 2.75) is 0 Å². The van der Waals surface area contributed by atoms with Crippen LogP contribution in [-0.4, -0.2) is 10.4 Å². The van der Waals surface area contributed by atoms with Crippen LogP contribution in [0.2, 0.25) is 0 Å². The maximum atomic E-state index is 9.17. The zero-order chi connectivity index (χ0) is 10.8. The second-order valence-corrected chi connectivity index (χ2v) is 3.22. The Balaban J connectivity index is 2.84. The molecule has 2 aromatic carbocycles. The molecule has 15 heavy (non-hydrogen) atoms. The molecule has 0 atom stereocenters. The van der Waals surface area contributed by atoms with Gasteiger partial charge >= 0.3 is 0 Å². The van der Waals surface area contributed by atoms with Crippen molar-refractivity contribution in [3.63, 3.8) is 0 Å². The van der Waals surface area contributed by atoms with Crippen LogP contribution in [0.1, 0.15) is 5.56 Å². The van der Waals surface area contributed by atoms with E-state index in [2.05, 4.69) is 6.58 Å². The Morgan fingerprint density at radius 1 is 1.07 bits per heavy atom. The van der Waals surface area contributed by atoms with Gasteiger partial charge in [0.05, 0.1) is 0 Å². The normalized spacial score (nSPS) is 10.3. The average molecular weight is 201 g/mol. The van der Waals surface area contributed by atoms with Gasteiger partial charge in [-0.3, -0.25) is 10.4 Å². The van der Waals surface area contributed by atoms with Crippen LogP contribution in [0.25, 0.3) is 16.8 Å². The van der Waals surface area contributed by atoms with Crippen LogP contribution in [0.3, 0.4) is 0 Å². The van der Waals surface area contributed by atoms with E-state index in [1.54, 1.807) is 12.1 Å². The fraction of sp³-hybridized carbons (Fsp3) is 0. The minimum Gasteiger partial charge on any atom is -0.264 e. The fourth-order valence-corrected chi connectivity index (χ4v) is 1.66. The van der Waals surface area contributed by atoms with E-state index in [1.807, 2.05) is 30.3 Å². The third-order valence-electron chi connectivity index (χ3n) is 2.35. The molecule has 0 amide bonds. The molecule has 0 fully saturated rings. The van der Waals surface area contributed by atoms with Gasteiger partial charge in [0.2, 0.25) is 0 Å². The first-order valence-electron chi connectivity index (χ1n) is 4.56. The predicted molar refractivity (Wildman–Crippen MR) is 60.1 cm³/mol. The van der Waals surface area contributed by atoms with Gasteiger partial charge in [0, 0.05) is 10.9 Å². The molecule has 2 rings (SSSR count). The lowest BCUT2D eigenvalue weighted by atomic mass is 10.0. The van der Waals surface area contributed by atoms with Gasteiger partial charge in [-0.1, -0.05) is 49.1 Å². The Labute approximate surface area is 87.4 Å². The summed E-state index contributed by atoms with van der Waals surface area (Å²) in [4.78, 5) is 0. The van der Waals surface area contributed by atoms with Crippen molar-refractivity contribution in [1.29, 1.82) is 0 Å². The first-order chi connectivity index (χ1) is 7.24. The van der Waals surface area contributed by atoms with Crippen LogP contribution in [0.15, 0.2) is 43.0 Å². The zero-order valence-electron chi connectivity index (χ0n) is 8.09. The third-order valence-corrected chi connectivity index (χ3v) is 2.35. The molecule has 2 aromatic rings. The first kappa shape index (κ1) is 9.71. The Morgan fingerprint density at radius 2 is 1.80 bits per heavy atom. The van der Waals surface area contributed by atoms with Gasteiger partial charge in [-0.05, 0) is 5.39 Å². The molecule has 0 unspecified atom stereocenters. The Morgan fingerprint density at radius 3 is 2.47 bits per heavy atom. The molecule has 76 valence electrons. The van der Waals surface area contributed by atoms with Crippen molar-refractivity contribution in [2.24, 2.45) is 0 Å². The highest BCUT2D eigenvalue weighted by atomic mass is 16.8. The average Bonchev–Trinajstić information content (AvgIpc) is 2.27. The van der Waals surface area contributed by atoms with E-state index >= 15 is 0 Å². The highest BCUT2D eigenvalue weighted by molar-refractivity contribution is 5.97. The molecular weight excluding hydrogens is 190 g/mol. The van der Waals surface area contributed by atoms with E-state index in [1.165, 1.54) is 0 Å². The standard InChI is InChI=1S/C12H11NO2/c1-2-9-7-8-10-5-3-4-6-11(10)12(9)13(14)15/h2-8,14-15H,1H2. The number of nitrogens with zero attached hydrogens (tertiary/aromatic N) is 1. The molecule has 0 saturated heterocycles. The van der Waals surface area contributed by atoms with Crippen LogP contribution in [0.4, 0.5) is 5.69 Å². The van der Waals surface area contributed by atoms with E-state index in [4.69, 9.17) is 0 Å². The van der Waals surface area contributed by atoms with E-state index in [-0.39, 0.29) is 5.23 Å². The molecule has 0 aromatic heterocycles. The van der Waals surface area contributed by atoms with Crippen molar-refractivity contribution in [1.82, 2.24) is 0 Å². The minimum absolute atomic E-state index is 0.138. The van der Waals surface area contributed by atoms with Crippen LogP contribution in [0.5, 0.6) is 0 Å². The second-order valence-electron chi connectivity index (χ2n) is 3.22. The molecule has 0 radical (unpaired) electrons. The highest BCUT2D eigenvalue weighted by Gasteiger charge is 2.09.